The fourth-order valence-corrected chi connectivity index (χ4v) is 0.411. The minimum absolute atomic E-state index is 0.349. The van der Waals surface area contributed by atoms with E-state index in [0.717, 1.165) is 0 Å². The van der Waals surface area contributed by atoms with Crippen molar-refractivity contribution in [2.24, 2.45) is 0 Å². The van der Waals surface area contributed by atoms with Crippen molar-refractivity contribution in [2.45, 2.75) is 6.42 Å². The summed E-state index contributed by atoms with van der Waals surface area (Å²) in [6.45, 7) is -1.29. The molecule has 0 bridgehead atoms. The Morgan fingerprint density at radius 1 is 1.25 bits per heavy atom. The van der Waals surface area contributed by atoms with Crippen LogP contribution in [0.3, 0.4) is 0 Å². The van der Waals surface area contributed by atoms with E-state index >= 15 is 0 Å². The van der Waals surface area contributed by atoms with E-state index in [1.807, 2.05) is 0 Å². The van der Waals surface area contributed by atoms with Crippen molar-refractivity contribution in [3.8, 4) is 0 Å². The number of hydrogen-bond acceptors (Lipinski definition) is 5. The number of carbonyl (C=O) groups is 3. The summed E-state index contributed by atoms with van der Waals surface area (Å²) in [5.74, 6) is -3.50. The second kappa shape index (κ2) is 5.25. The second-order valence-electron chi connectivity index (χ2n) is 1.87. The fourth-order valence-electron chi connectivity index (χ4n) is 0.411. The summed E-state index contributed by atoms with van der Waals surface area (Å²) in [4.78, 5) is 30.9. The molecule has 0 aromatic heterocycles. The van der Waals surface area contributed by atoms with Crippen molar-refractivity contribution >= 4 is 17.7 Å². The number of esters is 1. The molecule has 0 atom stereocenters. The average molecular weight is 176 g/mol. The second-order valence-corrected chi connectivity index (χ2v) is 1.87. The molecular formula is C6H8O6. The summed E-state index contributed by atoms with van der Waals surface area (Å²) in [6.07, 6.45) is -0.349. The van der Waals surface area contributed by atoms with Crippen LogP contribution in [0.15, 0.2) is 0 Å². The fraction of sp³-hybridized carbons (Fsp3) is 0.500. The predicted octanol–water partition coefficient (Wildman–Crippen LogP) is -1.43. The number of Topliss-reactive ketones (excluding diaryl/α,β-unsaturated/α-hetero) is 1. The Kier molecular flexibility index (Phi) is 4.62. The molecule has 0 fully saturated rings. The van der Waals surface area contributed by atoms with E-state index in [-0.39, 0.29) is 6.42 Å². The predicted molar refractivity (Wildman–Crippen MR) is 35.3 cm³/mol. The smallest absolute Gasteiger partial charge is 0.375 e. The molecule has 0 aliphatic carbocycles. The van der Waals surface area contributed by atoms with Gasteiger partial charge in [-0.3, -0.25) is 4.79 Å². The standard InChI is InChI=1S/C6H8O6/c7-2-1-4(8)6(11)12-3-5(9)10/h7H,1-3H2,(H,9,10). The van der Waals surface area contributed by atoms with Crippen molar-refractivity contribution in [3.05, 3.63) is 0 Å². The molecule has 0 amide bonds. The monoisotopic (exact) mass is 176 g/mol. The largest absolute Gasteiger partial charge is 0.479 e. The lowest BCUT2D eigenvalue weighted by Crippen LogP contribution is -2.21. The molecule has 0 aromatic rings. The molecule has 68 valence electrons. The number of rotatable bonds is 5. The zero-order valence-corrected chi connectivity index (χ0v) is 6.15. The van der Waals surface area contributed by atoms with Crippen LogP contribution in [0.4, 0.5) is 0 Å². The van der Waals surface area contributed by atoms with Gasteiger partial charge in [0, 0.05) is 6.42 Å². The van der Waals surface area contributed by atoms with Gasteiger partial charge in [-0.05, 0) is 0 Å². The molecule has 0 unspecified atom stereocenters. The molecule has 2 N–H and O–H groups in total. The van der Waals surface area contributed by atoms with Gasteiger partial charge in [-0.15, -0.1) is 0 Å². The van der Waals surface area contributed by atoms with Gasteiger partial charge < -0.3 is 14.9 Å². The summed E-state index contributed by atoms with van der Waals surface area (Å²) in [6, 6.07) is 0. The highest BCUT2D eigenvalue weighted by Crippen LogP contribution is 1.86. The van der Waals surface area contributed by atoms with Gasteiger partial charge in [0.2, 0.25) is 5.78 Å². The van der Waals surface area contributed by atoms with Crippen LogP contribution < -0.4 is 0 Å². The Balaban J connectivity index is 3.72. The van der Waals surface area contributed by atoms with Crippen LogP contribution in [-0.2, 0) is 19.1 Å². The average Bonchev–Trinajstić information content (AvgIpc) is 2.00. The maximum absolute atomic E-state index is 10.5. The number of hydrogen-bond donors (Lipinski definition) is 2. The number of carboxylic acids is 1. The number of aliphatic hydroxyl groups is 1. The Labute approximate surface area is 67.8 Å². The molecule has 0 spiro atoms. The normalized spacial score (nSPS) is 9.08. The molecule has 6 heteroatoms. The van der Waals surface area contributed by atoms with E-state index in [2.05, 4.69) is 4.74 Å². The summed E-state index contributed by atoms with van der Waals surface area (Å²) < 4.78 is 4.02. The Morgan fingerprint density at radius 3 is 2.25 bits per heavy atom. The topological polar surface area (TPSA) is 101 Å². The number of carbonyl (C=O) groups excluding carboxylic acids is 2. The van der Waals surface area contributed by atoms with Crippen LogP contribution in [-0.4, -0.2) is 41.1 Å². The molecule has 0 aliphatic rings. The third kappa shape index (κ3) is 4.40. The SMILES string of the molecule is O=C(O)COC(=O)C(=O)CCO. The van der Waals surface area contributed by atoms with Crippen molar-refractivity contribution in [1.82, 2.24) is 0 Å². The highest BCUT2D eigenvalue weighted by molar-refractivity contribution is 6.33. The first-order chi connectivity index (χ1) is 5.57. The summed E-state index contributed by atoms with van der Waals surface area (Å²) in [7, 11) is 0. The van der Waals surface area contributed by atoms with E-state index < -0.39 is 30.9 Å². The van der Waals surface area contributed by atoms with E-state index in [9.17, 15) is 14.4 Å². The highest BCUT2D eigenvalue weighted by atomic mass is 16.6. The van der Waals surface area contributed by atoms with E-state index in [1.165, 1.54) is 0 Å². The number of aliphatic hydroxyl groups excluding tert-OH is 1. The minimum atomic E-state index is -1.33. The molecule has 0 aromatic carbocycles. The van der Waals surface area contributed by atoms with Gasteiger partial charge >= 0.3 is 11.9 Å². The Morgan fingerprint density at radius 2 is 1.83 bits per heavy atom. The molecule has 0 heterocycles. The summed E-state index contributed by atoms with van der Waals surface area (Å²) in [5, 5.41) is 16.3. The van der Waals surface area contributed by atoms with Gasteiger partial charge in [-0.2, -0.15) is 0 Å². The van der Waals surface area contributed by atoms with Gasteiger partial charge in [0.25, 0.3) is 0 Å². The van der Waals surface area contributed by atoms with Crippen LogP contribution in [0, 0.1) is 0 Å². The number of ketones is 1. The van der Waals surface area contributed by atoms with Crippen molar-refractivity contribution in [2.75, 3.05) is 13.2 Å². The van der Waals surface area contributed by atoms with Crippen molar-refractivity contribution < 1.29 is 29.3 Å². The number of aliphatic carboxylic acids is 1. The molecule has 0 aliphatic heterocycles. The summed E-state index contributed by atoms with van der Waals surface area (Å²) in [5.41, 5.74) is 0. The van der Waals surface area contributed by atoms with Gasteiger partial charge in [-0.25, -0.2) is 9.59 Å². The maximum Gasteiger partial charge on any atom is 0.375 e. The molecule has 6 nitrogen and oxygen atoms in total. The summed E-state index contributed by atoms with van der Waals surface area (Å²) >= 11 is 0. The lowest BCUT2D eigenvalue weighted by atomic mass is 10.3. The first-order valence-electron chi connectivity index (χ1n) is 3.10. The third-order valence-electron chi connectivity index (χ3n) is 0.893. The van der Waals surface area contributed by atoms with Crippen LogP contribution in [0.1, 0.15) is 6.42 Å². The van der Waals surface area contributed by atoms with Gasteiger partial charge in [0.1, 0.15) is 0 Å². The van der Waals surface area contributed by atoms with Gasteiger partial charge in [0.05, 0.1) is 6.61 Å². The lowest BCUT2D eigenvalue weighted by Gasteiger charge is -1.98. The zero-order chi connectivity index (χ0) is 9.56. The Bertz CT molecular complexity index is 196. The first-order valence-corrected chi connectivity index (χ1v) is 3.10. The Hall–Kier alpha value is -1.43. The molecule has 0 saturated carbocycles. The molecule has 12 heavy (non-hydrogen) atoms. The quantitative estimate of drug-likeness (QED) is 0.393. The van der Waals surface area contributed by atoms with Crippen LogP contribution in [0.5, 0.6) is 0 Å². The molecule has 0 rings (SSSR count). The van der Waals surface area contributed by atoms with E-state index in [1.54, 1.807) is 0 Å². The maximum atomic E-state index is 10.5. The van der Waals surface area contributed by atoms with E-state index in [0.29, 0.717) is 0 Å². The zero-order valence-electron chi connectivity index (χ0n) is 6.15. The minimum Gasteiger partial charge on any atom is -0.479 e. The van der Waals surface area contributed by atoms with Crippen LogP contribution in [0.25, 0.3) is 0 Å². The third-order valence-corrected chi connectivity index (χ3v) is 0.893. The molecular weight excluding hydrogens is 168 g/mol. The van der Waals surface area contributed by atoms with Gasteiger partial charge in [0.15, 0.2) is 6.61 Å². The number of carboxylic acid groups (broad SMARTS) is 1. The van der Waals surface area contributed by atoms with Crippen LogP contribution >= 0.6 is 0 Å². The molecule has 0 radical (unpaired) electrons. The van der Waals surface area contributed by atoms with Crippen molar-refractivity contribution in [1.29, 1.82) is 0 Å². The van der Waals surface area contributed by atoms with Gasteiger partial charge in [-0.1, -0.05) is 0 Å². The molecule has 0 saturated heterocycles. The highest BCUT2D eigenvalue weighted by Gasteiger charge is 2.15. The van der Waals surface area contributed by atoms with Crippen LogP contribution in [0.2, 0.25) is 0 Å². The van der Waals surface area contributed by atoms with Crippen molar-refractivity contribution in [3.63, 3.8) is 0 Å². The first kappa shape index (κ1) is 10.6. The van der Waals surface area contributed by atoms with E-state index in [4.69, 9.17) is 10.2 Å². The number of ether oxygens (including phenoxy) is 1. The lowest BCUT2D eigenvalue weighted by molar-refractivity contribution is -0.160.